The van der Waals surface area contributed by atoms with Crippen molar-refractivity contribution >= 4 is 11.4 Å². The van der Waals surface area contributed by atoms with Crippen LogP contribution in [-0.2, 0) is 0 Å². The van der Waals surface area contributed by atoms with Gasteiger partial charge in [-0.2, -0.15) is 0 Å². The zero-order chi connectivity index (χ0) is 13.3. The topological polar surface area (TPSA) is 64.4 Å². The number of nitro groups is 1. The summed E-state index contributed by atoms with van der Waals surface area (Å²) in [4.78, 5) is 10.4. The number of benzene rings is 1. The fraction of sp³-hybridized carbons (Fsp3) is 0.538. The molecule has 1 saturated carbocycles. The van der Waals surface area contributed by atoms with Gasteiger partial charge in [-0.1, -0.05) is 13.8 Å². The van der Waals surface area contributed by atoms with Crippen LogP contribution in [0.4, 0.5) is 11.4 Å². The molecule has 1 atom stereocenters. The quantitative estimate of drug-likeness (QED) is 0.644. The summed E-state index contributed by atoms with van der Waals surface area (Å²) in [6, 6.07) is 4.74. The molecule has 1 unspecified atom stereocenters. The van der Waals surface area contributed by atoms with E-state index in [0.29, 0.717) is 17.1 Å². The molecule has 0 saturated heterocycles. The summed E-state index contributed by atoms with van der Waals surface area (Å²) in [5.74, 6) is 1.14. The lowest BCUT2D eigenvalue weighted by Gasteiger charge is -2.09. The van der Waals surface area contributed by atoms with Crippen LogP contribution < -0.4 is 10.1 Å². The van der Waals surface area contributed by atoms with E-state index in [9.17, 15) is 10.1 Å². The predicted molar refractivity (Wildman–Crippen MR) is 70.0 cm³/mol. The maximum absolute atomic E-state index is 10.8. The molecular weight excluding hydrogens is 232 g/mol. The molecule has 5 heteroatoms. The number of nitro benzene ring substituents is 1. The molecule has 1 aromatic rings. The van der Waals surface area contributed by atoms with Crippen molar-refractivity contribution in [2.75, 3.05) is 19.0 Å². The summed E-state index contributed by atoms with van der Waals surface area (Å²) in [7, 11) is 1.51. The number of methoxy groups -OCH3 is 1. The highest BCUT2D eigenvalue weighted by molar-refractivity contribution is 5.56. The predicted octanol–water partition coefficient (Wildman–Crippen LogP) is 3.06. The van der Waals surface area contributed by atoms with E-state index >= 15 is 0 Å². The molecule has 0 amide bonds. The van der Waals surface area contributed by atoms with Crippen LogP contribution in [0.5, 0.6) is 5.75 Å². The third kappa shape index (κ3) is 2.72. The fourth-order valence-electron chi connectivity index (χ4n) is 2.07. The zero-order valence-electron chi connectivity index (χ0n) is 10.9. The first-order valence-electron chi connectivity index (χ1n) is 6.00. The van der Waals surface area contributed by atoms with E-state index in [-0.39, 0.29) is 5.69 Å². The van der Waals surface area contributed by atoms with E-state index < -0.39 is 4.92 Å². The van der Waals surface area contributed by atoms with E-state index in [2.05, 4.69) is 19.2 Å². The van der Waals surface area contributed by atoms with Gasteiger partial charge in [0.15, 0.2) is 0 Å². The van der Waals surface area contributed by atoms with Crippen molar-refractivity contribution < 1.29 is 9.66 Å². The number of ether oxygens (including phenoxy) is 1. The Morgan fingerprint density at radius 3 is 2.67 bits per heavy atom. The Bertz CT molecular complexity index is 471. The second-order valence-electron chi connectivity index (χ2n) is 5.45. The summed E-state index contributed by atoms with van der Waals surface area (Å²) in [6.45, 7) is 5.30. The van der Waals surface area contributed by atoms with Crippen LogP contribution in [0.3, 0.4) is 0 Å². The van der Waals surface area contributed by atoms with Crippen LogP contribution in [0, 0.1) is 21.4 Å². The largest absolute Gasteiger partial charge is 0.496 e. The minimum absolute atomic E-state index is 0.0481. The van der Waals surface area contributed by atoms with Gasteiger partial charge in [-0.15, -0.1) is 0 Å². The van der Waals surface area contributed by atoms with E-state index in [1.54, 1.807) is 6.07 Å². The SMILES string of the molecule is COc1cc(NCC2CC2(C)C)cc([N+](=O)[O-])c1. The minimum atomic E-state index is -0.408. The van der Waals surface area contributed by atoms with Crippen LogP contribution in [0.1, 0.15) is 20.3 Å². The van der Waals surface area contributed by atoms with Gasteiger partial charge in [-0.05, 0) is 17.8 Å². The highest BCUT2D eigenvalue weighted by atomic mass is 16.6. The van der Waals surface area contributed by atoms with Gasteiger partial charge >= 0.3 is 0 Å². The van der Waals surface area contributed by atoms with E-state index in [1.165, 1.54) is 25.7 Å². The second-order valence-corrected chi connectivity index (χ2v) is 5.45. The Balaban J connectivity index is 2.07. The molecule has 0 heterocycles. The van der Waals surface area contributed by atoms with Gasteiger partial charge in [0.2, 0.25) is 0 Å². The summed E-state index contributed by atoms with van der Waals surface area (Å²) >= 11 is 0. The molecule has 5 nitrogen and oxygen atoms in total. The van der Waals surface area contributed by atoms with Gasteiger partial charge in [0, 0.05) is 24.4 Å². The zero-order valence-corrected chi connectivity index (χ0v) is 10.9. The van der Waals surface area contributed by atoms with Crippen LogP contribution in [0.25, 0.3) is 0 Å². The number of anilines is 1. The molecule has 98 valence electrons. The van der Waals surface area contributed by atoms with E-state index in [4.69, 9.17) is 4.74 Å². The molecule has 1 aliphatic carbocycles. The minimum Gasteiger partial charge on any atom is -0.496 e. The molecule has 0 aliphatic heterocycles. The Kier molecular flexibility index (Phi) is 3.15. The van der Waals surface area contributed by atoms with Crippen molar-refractivity contribution in [2.24, 2.45) is 11.3 Å². The van der Waals surface area contributed by atoms with Crippen molar-refractivity contribution in [2.45, 2.75) is 20.3 Å². The van der Waals surface area contributed by atoms with E-state index in [1.807, 2.05) is 0 Å². The number of nitrogens with zero attached hydrogens (tertiary/aromatic N) is 1. The number of hydrogen-bond acceptors (Lipinski definition) is 4. The average Bonchev–Trinajstić information content (AvgIpc) is 2.94. The van der Waals surface area contributed by atoms with Crippen molar-refractivity contribution in [1.29, 1.82) is 0 Å². The Hall–Kier alpha value is -1.78. The van der Waals surface area contributed by atoms with Crippen molar-refractivity contribution in [3.63, 3.8) is 0 Å². The highest BCUT2D eigenvalue weighted by Crippen LogP contribution is 2.51. The number of hydrogen-bond donors (Lipinski definition) is 1. The Morgan fingerprint density at radius 1 is 1.50 bits per heavy atom. The normalized spacial score (nSPS) is 20.3. The molecule has 0 radical (unpaired) electrons. The van der Waals surface area contributed by atoms with Gasteiger partial charge in [0.25, 0.3) is 5.69 Å². The fourth-order valence-corrected chi connectivity index (χ4v) is 2.07. The summed E-state index contributed by atoms with van der Waals surface area (Å²) in [6.07, 6.45) is 1.20. The Labute approximate surface area is 106 Å². The lowest BCUT2D eigenvalue weighted by Crippen LogP contribution is -2.07. The number of non-ortho nitro benzene ring substituents is 1. The molecule has 18 heavy (non-hydrogen) atoms. The third-order valence-electron chi connectivity index (χ3n) is 3.61. The van der Waals surface area contributed by atoms with E-state index in [0.717, 1.165) is 12.2 Å². The molecule has 0 bridgehead atoms. The van der Waals surface area contributed by atoms with Gasteiger partial charge in [-0.25, -0.2) is 0 Å². The molecule has 1 fully saturated rings. The standard InChI is InChI=1S/C13H18N2O3/c1-13(2)7-9(13)8-14-10-4-11(15(16)17)6-12(5-10)18-3/h4-6,9,14H,7-8H2,1-3H3. The highest BCUT2D eigenvalue weighted by Gasteiger charge is 2.44. The maximum atomic E-state index is 10.8. The number of nitrogens with one attached hydrogen (secondary N) is 1. The first-order chi connectivity index (χ1) is 8.42. The summed E-state index contributed by atoms with van der Waals surface area (Å²) < 4.78 is 5.06. The molecule has 2 rings (SSSR count). The molecule has 1 N–H and O–H groups in total. The van der Waals surface area contributed by atoms with Crippen LogP contribution >= 0.6 is 0 Å². The van der Waals surface area contributed by atoms with Gasteiger partial charge in [0.05, 0.1) is 18.1 Å². The lowest BCUT2D eigenvalue weighted by molar-refractivity contribution is -0.384. The second kappa shape index (κ2) is 4.48. The molecule has 1 aliphatic rings. The van der Waals surface area contributed by atoms with Crippen molar-refractivity contribution in [3.05, 3.63) is 28.3 Å². The van der Waals surface area contributed by atoms with Gasteiger partial charge < -0.3 is 10.1 Å². The molecule has 1 aromatic carbocycles. The van der Waals surface area contributed by atoms with Crippen LogP contribution in [-0.4, -0.2) is 18.6 Å². The van der Waals surface area contributed by atoms with Crippen molar-refractivity contribution in [3.8, 4) is 5.75 Å². The summed E-state index contributed by atoms with van der Waals surface area (Å²) in [5, 5.41) is 14.0. The third-order valence-corrected chi connectivity index (χ3v) is 3.61. The first kappa shape index (κ1) is 12.7. The smallest absolute Gasteiger partial charge is 0.275 e. The molecule has 0 aromatic heterocycles. The average molecular weight is 250 g/mol. The van der Waals surface area contributed by atoms with Crippen LogP contribution in [0.2, 0.25) is 0 Å². The van der Waals surface area contributed by atoms with Gasteiger partial charge in [-0.3, -0.25) is 10.1 Å². The Morgan fingerprint density at radius 2 is 2.17 bits per heavy atom. The van der Waals surface area contributed by atoms with Crippen molar-refractivity contribution in [1.82, 2.24) is 0 Å². The van der Waals surface area contributed by atoms with Crippen LogP contribution in [0.15, 0.2) is 18.2 Å². The molecular formula is C13H18N2O3. The molecule has 0 spiro atoms. The monoisotopic (exact) mass is 250 g/mol. The van der Waals surface area contributed by atoms with Gasteiger partial charge in [0.1, 0.15) is 5.75 Å². The summed E-state index contributed by atoms with van der Waals surface area (Å²) in [5.41, 5.74) is 1.19. The maximum Gasteiger partial charge on any atom is 0.275 e. The number of rotatable bonds is 5. The lowest BCUT2D eigenvalue weighted by atomic mass is 10.1. The first-order valence-corrected chi connectivity index (χ1v) is 6.00.